The van der Waals surface area contributed by atoms with Gasteiger partial charge in [0.05, 0.1) is 25.6 Å². The number of rotatable bonds is 3. The number of carbonyl (C=O) groups excluding carboxylic acids is 2. The van der Waals surface area contributed by atoms with Crippen molar-refractivity contribution in [1.29, 1.82) is 0 Å². The number of carboxylic acids is 1. The molecule has 8 nitrogen and oxygen atoms in total. The van der Waals surface area contributed by atoms with E-state index >= 15 is 0 Å². The second-order valence-corrected chi connectivity index (χ2v) is 9.55. The molecule has 2 atom stereocenters. The van der Waals surface area contributed by atoms with Crippen LogP contribution in [0.2, 0.25) is 0 Å². The first-order valence-electron chi connectivity index (χ1n) is 9.98. The second-order valence-electron chi connectivity index (χ2n) is 9.55. The summed E-state index contributed by atoms with van der Waals surface area (Å²) in [6.45, 7) is 12.5. The molecular weight excluding hydrogens is 402 g/mol. The highest BCUT2D eigenvalue weighted by Crippen LogP contribution is 2.66. The molecule has 1 aromatic carbocycles. The monoisotopic (exact) mass is 431 g/mol. The van der Waals surface area contributed by atoms with Crippen molar-refractivity contribution in [3.8, 4) is 11.5 Å². The lowest BCUT2D eigenvalue weighted by Crippen LogP contribution is -2.51. The van der Waals surface area contributed by atoms with Crippen molar-refractivity contribution in [1.82, 2.24) is 0 Å². The smallest absolute Gasteiger partial charge is 0.421 e. The molecule has 1 N–H and O–H groups in total. The lowest BCUT2D eigenvalue weighted by molar-refractivity contribution is -0.144. The normalized spacial score (nSPS) is 24.4. The summed E-state index contributed by atoms with van der Waals surface area (Å²) >= 11 is 0. The van der Waals surface area contributed by atoms with Gasteiger partial charge in [0.2, 0.25) is 5.91 Å². The fraction of sp³-hybridized carbons (Fsp3) is 0.522. The Hall–Kier alpha value is -3.03. The van der Waals surface area contributed by atoms with Gasteiger partial charge in [-0.1, -0.05) is 32.1 Å². The van der Waals surface area contributed by atoms with Gasteiger partial charge < -0.3 is 19.3 Å². The van der Waals surface area contributed by atoms with Gasteiger partial charge >= 0.3 is 12.1 Å². The van der Waals surface area contributed by atoms with Gasteiger partial charge in [-0.3, -0.25) is 9.59 Å². The quantitative estimate of drug-likeness (QED) is 0.724. The molecule has 0 bridgehead atoms. The summed E-state index contributed by atoms with van der Waals surface area (Å²) in [6.07, 6.45) is -0.764. The molecule has 168 valence electrons. The number of methoxy groups -OCH3 is 2. The van der Waals surface area contributed by atoms with Gasteiger partial charge in [0.1, 0.15) is 11.3 Å². The standard InChI is InChI=1S/C23H29NO7/c1-12-11-23(22(5,6)15(12)18(25)26)13-9-10-14(29-7)17(30-8)16(13)24(19(23)27)20(28)31-21(2,3)4/h9-10,15H,1,11H2,2-8H3,(H,25,26). The van der Waals surface area contributed by atoms with Crippen LogP contribution in [0.1, 0.15) is 46.6 Å². The summed E-state index contributed by atoms with van der Waals surface area (Å²) < 4.78 is 16.5. The minimum atomic E-state index is -1.32. The maximum Gasteiger partial charge on any atom is 0.421 e. The van der Waals surface area contributed by atoms with Gasteiger partial charge in [-0.15, -0.1) is 0 Å². The largest absolute Gasteiger partial charge is 0.493 e. The van der Waals surface area contributed by atoms with E-state index in [2.05, 4.69) is 6.58 Å². The van der Waals surface area contributed by atoms with Gasteiger partial charge in [-0.05, 0) is 38.8 Å². The van der Waals surface area contributed by atoms with Gasteiger partial charge in [-0.2, -0.15) is 0 Å². The molecule has 1 aliphatic carbocycles. The first-order chi connectivity index (χ1) is 14.2. The Kier molecular flexibility index (Phi) is 5.12. The Bertz CT molecular complexity index is 988. The zero-order chi connectivity index (χ0) is 23.5. The van der Waals surface area contributed by atoms with E-state index in [1.165, 1.54) is 14.2 Å². The Morgan fingerprint density at radius 3 is 2.26 bits per heavy atom. The Morgan fingerprint density at radius 1 is 1.19 bits per heavy atom. The number of hydrogen-bond acceptors (Lipinski definition) is 6. The number of imide groups is 1. The molecule has 3 rings (SSSR count). The van der Waals surface area contributed by atoms with E-state index in [-0.39, 0.29) is 17.9 Å². The second kappa shape index (κ2) is 7.00. The molecule has 0 aromatic heterocycles. The van der Waals surface area contributed by atoms with Gasteiger partial charge in [-0.25, -0.2) is 9.69 Å². The van der Waals surface area contributed by atoms with Crippen molar-refractivity contribution >= 4 is 23.7 Å². The highest BCUT2D eigenvalue weighted by atomic mass is 16.6. The highest BCUT2D eigenvalue weighted by Gasteiger charge is 2.69. The number of aliphatic carboxylic acids is 1. The molecule has 1 aliphatic heterocycles. The summed E-state index contributed by atoms with van der Waals surface area (Å²) in [5.41, 5.74) is -2.10. The third kappa shape index (κ3) is 2.99. The summed E-state index contributed by atoms with van der Waals surface area (Å²) in [5, 5.41) is 9.89. The van der Waals surface area contributed by atoms with Crippen molar-refractivity contribution < 1.29 is 33.7 Å². The maximum absolute atomic E-state index is 14.0. The molecule has 1 fully saturated rings. The van der Waals surface area contributed by atoms with Crippen LogP contribution in [0.25, 0.3) is 0 Å². The van der Waals surface area contributed by atoms with Gasteiger partial charge in [0.15, 0.2) is 11.5 Å². The molecule has 8 heteroatoms. The third-order valence-electron chi connectivity index (χ3n) is 6.32. The Labute approximate surface area is 181 Å². The van der Waals surface area contributed by atoms with E-state index in [0.717, 1.165) is 4.90 Å². The summed E-state index contributed by atoms with van der Waals surface area (Å²) in [4.78, 5) is 40.3. The number of anilines is 1. The number of carbonyl (C=O) groups is 3. The number of amides is 2. The van der Waals surface area contributed by atoms with Crippen LogP contribution in [0.15, 0.2) is 24.3 Å². The predicted molar refractivity (Wildman–Crippen MR) is 114 cm³/mol. The van der Waals surface area contributed by atoms with Crippen LogP contribution in [0.5, 0.6) is 11.5 Å². The summed E-state index contributed by atoms with van der Waals surface area (Å²) in [5.74, 6) is -2.04. The van der Waals surface area contributed by atoms with Crippen LogP contribution < -0.4 is 14.4 Å². The average Bonchev–Trinajstić information content (AvgIpc) is 3.00. The lowest BCUT2D eigenvalue weighted by Gasteiger charge is -2.38. The Balaban J connectivity index is 2.35. The number of fused-ring (bicyclic) bond motifs is 2. The number of ether oxygens (including phenoxy) is 3. The molecule has 31 heavy (non-hydrogen) atoms. The van der Waals surface area contributed by atoms with E-state index in [4.69, 9.17) is 14.2 Å². The molecule has 1 spiro atoms. The summed E-state index contributed by atoms with van der Waals surface area (Å²) in [6, 6.07) is 3.34. The van der Waals surface area contributed by atoms with Gasteiger partial charge in [0.25, 0.3) is 0 Å². The van der Waals surface area contributed by atoms with Crippen LogP contribution >= 0.6 is 0 Å². The summed E-state index contributed by atoms with van der Waals surface area (Å²) in [7, 11) is 2.87. The minimum Gasteiger partial charge on any atom is -0.493 e. The molecule has 2 unspecified atom stereocenters. The first-order valence-corrected chi connectivity index (χ1v) is 9.98. The van der Waals surface area contributed by atoms with Crippen molar-refractivity contribution in [3.63, 3.8) is 0 Å². The van der Waals surface area contributed by atoms with Gasteiger partial charge in [0, 0.05) is 5.41 Å². The van der Waals surface area contributed by atoms with E-state index in [1.54, 1.807) is 46.8 Å². The number of carboxylic acid groups (broad SMARTS) is 1. The first kappa shape index (κ1) is 22.7. The van der Waals surface area contributed by atoms with E-state index in [9.17, 15) is 19.5 Å². The highest BCUT2D eigenvalue weighted by molar-refractivity contribution is 6.23. The van der Waals surface area contributed by atoms with E-state index in [0.29, 0.717) is 16.9 Å². The van der Waals surface area contributed by atoms with Crippen LogP contribution in [-0.4, -0.2) is 42.9 Å². The topological polar surface area (TPSA) is 102 Å². The van der Waals surface area contributed by atoms with Crippen molar-refractivity contribution in [3.05, 3.63) is 29.8 Å². The third-order valence-corrected chi connectivity index (χ3v) is 6.32. The van der Waals surface area contributed by atoms with Crippen molar-refractivity contribution in [2.75, 3.05) is 19.1 Å². The molecule has 0 saturated heterocycles. The van der Waals surface area contributed by atoms with Crippen LogP contribution in [-0.2, 0) is 19.7 Å². The maximum atomic E-state index is 14.0. The molecule has 0 radical (unpaired) electrons. The molecule has 2 amide bonds. The average molecular weight is 431 g/mol. The number of benzene rings is 1. The van der Waals surface area contributed by atoms with E-state index in [1.807, 2.05) is 0 Å². The number of hydrogen-bond donors (Lipinski definition) is 1. The predicted octanol–water partition coefficient (Wildman–Crippen LogP) is 3.91. The van der Waals surface area contributed by atoms with Crippen LogP contribution in [0.3, 0.4) is 0 Å². The molecule has 1 aromatic rings. The minimum absolute atomic E-state index is 0.0948. The van der Waals surface area contributed by atoms with Crippen LogP contribution in [0, 0.1) is 11.3 Å². The SMILES string of the molecule is C=C1CC2(C(=O)N(C(=O)OC(C)(C)C)c3c2ccc(OC)c3OC)C(C)(C)C1C(=O)O. The van der Waals surface area contributed by atoms with Crippen molar-refractivity contribution in [2.45, 2.75) is 52.1 Å². The van der Waals surface area contributed by atoms with Crippen LogP contribution in [0.4, 0.5) is 10.5 Å². The molecular formula is C23H29NO7. The van der Waals surface area contributed by atoms with Crippen molar-refractivity contribution in [2.24, 2.45) is 11.3 Å². The fourth-order valence-electron chi connectivity index (χ4n) is 5.07. The zero-order valence-corrected chi connectivity index (χ0v) is 19.0. The molecule has 1 saturated carbocycles. The number of nitrogens with zero attached hydrogens (tertiary/aromatic N) is 1. The molecule has 2 aliphatic rings. The van der Waals surface area contributed by atoms with E-state index < -0.39 is 40.3 Å². The fourth-order valence-corrected chi connectivity index (χ4v) is 5.07. The zero-order valence-electron chi connectivity index (χ0n) is 19.0. The lowest BCUT2D eigenvalue weighted by atomic mass is 9.61. The molecule has 1 heterocycles. The Morgan fingerprint density at radius 2 is 1.81 bits per heavy atom.